The van der Waals surface area contributed by atoms with E-state index in [9.17, 15) is 0 Å². The molecule has 4 aromatic rings. The highest BCUT2D eigenvalue weighted by Gasteiger charge is 2.13. The number of pyridine rings is 1. The normalized spacial score (nSPS) is 14.0. The van der Waals surface area contributed by atoms with Gasteiger partial charge in [0.15, 0.2) is 0 Å². The zero-order valence-electron chi connectivity index (χ0n) is 13.6. The van der Waals surface area contributed by atoms with E-state index in [1.54, 1.807) is 0 Å². The highest BCUT2D eigenvalue weighted by molar-refractivity contribution is 6.11. The van der Waals surface area contributed by atoms with Crippen molar-refractivity contribution in [2.75, 3.05) is 0 Å². The van der Waals surface area contributed by atoms with Crippen molar-refractivity contribution >= 4 is 21.5 Å². The Hall–Kier alpha value is -2.67. The first kappa shape index (κ1) is 13.7. The molecule has 0 saturated heterocycles. The summed E-state index contributed by atoms with van der Waals surface area (Å²) in [6.07, 6.45) is 7.01. The van der Waals surface area contributed by atoms with E-state index in [0.29, 0.717) is 0 Å². The minimum Gasteiger partial charge on any atom is -0.256 e. The third kappa shape index (κ3) is 2.12. The quantitative estimate of drug-likeness (QED) is 0.397. The summed E-state index contributed by atoms with van der Waals surface area (Å²) in [5, 5.41) is 5.12. The third-order valence-corrected chi connectivity index (χ3v) is 5.29. The van der Waals surface area contributed by atoms with Crippen LogP contribution < -0.4 is 0 Å². The molecule has 0 bridgehead atoms. The van der Waals surface area contributed by atoms with E-state index < -0.39 is 0 Å². The summed E-state index contributed by atoms with van der Waals surface area (Å²) in [6, 6.07) is 22.1. The Balaban J connectivity index is 1.76. The summed E-state index contributed by atoms with van der Waals surface area (Å²) in [4.78, 5) is 4.73. The molecule has 0 radical (unpaired) electrons. The SMILES string of the molecule is c1ccc2c(c1)ccc1c(-c3ccc4c(c3)CCCC4)nccc12. The van der Waals surface area contributed by atoms with Crippen molar-refractivity contribution in [3.8, 4) is 11.3 Å². The molecule has 1 nitrogen and oxygen atoms in total. The molecule has 1 aromatic heterocycles. The molecule has 24 heavy (non-hydrogen) atoms. The van der Waals surface area contributed by atoms with Crippen molar-refractivity contribution in [1.82, 2.24) is 4.98 Å². The molecule has 0 amide bonds. The van der Waals surface area contributed by atoms with Crippen molar-refractivity contribution in [3.63, 3.8) is 0 Å². The fourth-order valence-electron chi connectivity index (χ4n) is 4.05. The van der Waals surface area contributed by atoms with Crippen LogP contribution in [0.2, 0.25) is 0 Å². The molecule has 1 aliphatic rings. The monoisotopic (exact) mass is 309 g/mol. The maximum atomic E-state index is 4.73. The minimum absolute atomic E-state index is 1.10. The zero-order chi connectivity index (χ0) is 15.9. The number of hydrogen-bond donors (Lipinski definition) is 0. The van der Waals surface area contributed by atoms with Crippen LogP contribution in [0.3, 0.4) is 0 Å². The smallest absolute Gasteiger partial charge is 0.0780 e. The molecule has 0 unspecified atom stereocenters. The van der Waals surface area contributed by atoms with Crippen molar-refractivity contribution in [2.45, 2.75) is 25.7 Å². The van der Waals surface area contributed by atoms with Crippen LogP contribution in [0.4, 0.5) is 0 Å². The Morgan fingerprint density at radius 3 is 2.50 bits per heavy atom. The molecule has 1 aliphatic carbocycles. The molecule has 5 rings (SSSR count). The van der Waals surface area contributed by atoms with E-state index in [1.165, 1.54) is 63.9 Å². The largest absolute Gasteiger partial charge is 0.256 e. The molecule has 1 heteroatoms. The van der Waals surface area contributed by atoms with Crippen LogP contribution in [0.5, 0.6) is 0 Å². The standard InChI is InChI=1S/C23H19N/c1-2-7-18-15-19(10-9-16(18)5-1)23-22-12-11-17-6-3-4-8-20(17)21(22)13-14-24-23/h3-4,6,8-15H,1-2,5,7H2. The Morgan fingerprint density at radius 1 is 0.667 bits per heavy atom. The van der Waals surface area contributed by atoms with Gasteiger partial charge in [0.25, 0.3) is 0 Å². The molecule has 116 valence electrons. The molecule has 0 spiro atoms. The Morgan fingerprint density at radius 2 is 1.54 bits per heavy atom. The maximum Gasteiger partial charge on any atom is 0.0780 e. The number of hydrogen-bond acceptors (Lipinski definition) is 1. The predicted molar refractivity (Wildman–Crippen MR) is 101 cm³/mol. The summed E-state index contributed by atoms with van der Waals surface area (Å²) in [5.41, 5.74) is 5.39. The first-order chi connectivity index (χ1) is 11.9. The van der Waals surface area contributed by atoms with Crippen LogP contribution >= 0.6 is 0 Å². The summed E-state index contributed by atoms with van der Waals surface area (Å²) >= 11 is 0. The van der Waals surface area contributed by atoms with Crippen molar-refractivity contribution < 1.29 is 0 Å². The highest BCUT2D eigenvalue weighted by Crippen LogP contribution is 2.33. The van der Waals surface area contributed by atoms with Gasteiger partial charge in [-0.1, -0.05) is 48.5 Å². The lowest BCUT2D eigenvalue weighted by atomic mass is 9.89. The van der Waals surface area contributed by atoms with Crippen LogP contribution in [-0.4, -0.2) is 4.98 Å². The van der Waals surface area contributed by atoms with Gasteiger partial charge in [-0.3, -0.25) is 4.98 Å². The van der Waals surface area contributed by atoms with E-state index in [0.717, 1.165) is 5.69 Å². The number of aryl methyl sites for hydroxylation is 2. The number of rotatable bonds is 1. The molecule has 0 fully saturated rings. The summed E-state index contributed by atoms with van der Waals surface area (Å²) in [5.74, 6) is 0. The average Bonchev–Trinajstić information content (AvgIpc) is 2.67. The second-order valence-electron chi connectivity index (χ2n) is 6.73. The van der Waals surface area contributed by atoms with Crippen molar-refractivity contribution in [1.29, 1.82) is 0 Å². The molecule has 0 aliphatic heterocycles. The first-order valence-corrected chi connectivity index (χ1v) is 8.79. The van der Waals surface area contributed by atoms with Gasteiger partial charge in [-0.2, -0.15) is 0 Å². The summed E-state index contributed by atoms with van der Waals surface area (Å²) in [6.45, 7) is 0. The van der Waals surface area contributed by atoms with Gasteiger partial charge >= 0.3 is 0 Å². The molecule has 0 N–H and O–H groups in total. The second-order valence-corrected chi connectivity index (χ2v) is 6.73. The fraction of sp³-hybridized carbons (Fsp3) is 0.174. The Labute approximate surface area is 142 Å². The molecular formula is C23H19N. The van der Waals surface area contributed by atoms with Crippen LogP contribution in [0.1, 0.15) is 24.0 Å². The van der Waals surface area contributed by atoms with Crippen LogP contribution in [-0.2, 0) is 12.8 Å². The Kier molecular flexibility index (Phi) is 3.12. The minimum atomic E-state index is 1.10. The van der Waals surface area contributed by atoms with Gasteiger partial charge in [-0.15, -0.1) is 0 Å². The molecular weight excluding hydrogens is 290 g/mol. The van der Waals surface area contributed by atoms with E-state index in [1.807, 2.05) is 6.20 Å². The van der Waals surface area contributed by atoms with Gasteiger partial charge in [-0.25, -0.2) is 0 Å². The van der Waals surface area contributed by atoms with Crippen molar-refractivity contribution in [2.24, 2.45) is 0 Å². The molecule has 0 atom stereocenters. The first-order valence-electron chi connectivity index (χ1n) is 8.79. The number of aromatic nitrogens is 1. The number of fused-ring (bicyclic) bond motifs is 4. The summed E-state index contributed by atoms with van der Waals surface area (Å²) < 4.78 is 0. The predicted octanol–water partition coefficient (Wildman–Crippen LogP) is 5.93. The molecule has 3 aromatic carbocycles. The van der Waals surface area contributed by atoms with Crippen LogP contribution in [0.15, 0.2) is 66.9 Å². The second kappa shape index (κ2) is 5.45. The van der Waals surface area contributed by atoms with Gasteiger partial charge in [0.2, 0.25) is 0 Å². The highest BCUT2D eigenvalue weighted by atomic mass is 14.7. The average molecular weight is 309 g/mol. The summed E-state index contributed by atoms with van der Waals surface area (Å²) in [7, 11) is 0. The lowest BCUT2D eigenvalue weighted by molar-refractivity contribution is 0.686. The molecule has 0 saturated carbocycles. The van der Waals surface area contributed by atoms with E-state index in [4.69, 9.17) is 4.98 Å². The Bertz CT molecular complexity index is 1060. The van der Waals surface area contributed by atoms with Gasteiger partial charge in [0.1, 0.15) is 0 Å². The van der Waals surface area contributed by atoms with E-state index >= 15 is 0 Å². The topological polar surface area (TPSA) is 12.9 Å². The van der Waals surface area contributed by atoms with Gasteiger partial charge in [-0.05, 0) is 65.1 Å². The lowest BCUT2D eigenvalue weighted by Gasteiger charge is -2.17. The fourth-order valence-corrected chi connectivity index (χ4v) is 4.05. The number of benzene rings is 3. The molecule has 1 heterocycles. The lowest BCUT2D eigenvalue weighted by Crippen LogP contribution is -2.02. The van der Waals surface area contributed by atoms with Crippen LogP contribution in [0.25, 0.3) is 32.8 Å². The van der Waals surface area contributed by atoms with E-state index in [-0.39, 0.29) is 0 Å². The van der Waals surface area contributed by atoms with Crippen LogP contribution in [0, 0.1) is 0 Å². The number of nitrogens with zero attached hydrogens (tertiary/aromatic N) is 1. The van der Waals surface area contributed by atoms with Gasteiger partial charge in [0.05, 0.1) is 5.69 Å². The van der Waals surface area contributed by atoms with Gasteiger partial charge in [0, 0.05) is 17.1 Å². The third-order valence-electron chi connectivity index (χ3n) is 5.29. The zero-order valence-corrected chi connectivity index (χ0v) is 13.6. The van der Waals surface area contributed by atoms with Crippen molar-refractivity contribution in [3.05, 3.63) is 78.0 Å². The van der Waals surface area contributed by atoms with Gasteiger partial charge < -0.3 is 0 Å². The maximum absolute atomic E-state index is 4.73. The van der Waals surface area contributed by atoms with E-state index in [2.05, 4.69) is 60.7 Å².